The Kier molecular flexibility index (Phi) is 8.72. The highest BCUT2D eigenvalue weighted by Crippen LogP contribution is 2.29. The van der Waals surface area contributed by atoms with Crippen molar-refractivity contribution in [1.29, 1.82) is 10.5 Å². The van der Waals surface area contributed by atoms with Crippen molar-refractivity contribution < 1.29 is 4.79 Å². The zero-order valence-electron chi connectivity index (χ0n) is 21.0. The predicted molar refractivity (Wildman–Crippen MR) is 154 cm³/mol. The third-order valence-electron chi connectivity index (χ3n) is 6.09. The lowest BCUT2D eigenvalue weighted by molar-refractivity contribution is -0.113. The van der Waals surface area contributed by atoms with Gasteiger partial charge in [0.25, 0.3) is 5.91 Å². The van der Waals surface area contributed by atoms with Crippen LogP contribution in [0.5, 0.6) is 0 Å². The normalized spacial score (nSPS) is 14.0. The van der Waals surface area contributed by atoms with Gasteiger partial charge in [-0.15, -0.1) is 0 Å². The third kappa shape index (κ3) is 6.37. The molecule has 0 bridgehead atoms. The molecule has 0 aliphatic carbocycles. The maximum absolute atomic E-state index is 13.5. The highest BCUT2D eigenvalue weighted by atomic mass is 35.5. The Bertz CT molecular complexity index is 1460. The van der Waals surface area contributed by atoms with Gasteiger partial charge < -0.3 is 4.90 Å². The Morgan fingerprint density at radius 2 is 1.63 bits per heavy atom. The summed E-state index contributed by atoms with van der Waals surface area (Å²) >= 11 is 6.08. The molecule has 3 aromatic rings. The minimum absolute atomic E-state index is 0.229. The van der Waals surface area contributed by atoms with Crippen molar-refractivity contribution in [3.8, 4) is 12.1 Å². The number of amidine groups is 1. The lowest BCUT2D eigenvalue weighted by atomic mass is 10.1. The fourth-order valence-corrected chi connectivity index (χ4v) is 4.25. The van der Waals surface area contributed by atoms with Crippen LogP contribution in [0.3, 0.4) is 0 Å². The molecule has 0 saturated carbocycles. The van der Waals surface area contributed by atoms with E-state index in [0.29, 0.717) is 48.2 Å². The number of carbonyl (C=O) groups is 1. The highest BCUT2D eigenvalue weighted by Gasteiger charge is 2.30. The molecule has 0 spiro atoms. The van der Waals surface area contributed by atoms with E-state index in [0.717, 1.165) is 22.4 Å². The number of nitriles is 2. The number of benzene rings is 3. The second kappa shape index (κ2) is 12.5. The molecule has 1 aliphatic heterocycles. The first-order valence-electron chi connectivity index (χ1n) is 12.2. The number of hydrogen-bond acceptors (Lipinski definition) is 5. The van der Waals surface area contributed by atoms with Crippen LogP contribution in [0.1, 0.15) is 29.5 Å². The third-order valence-corrected chi connectivity index (χ3v) is 6.35. The Balaban J connectivity index is 1.67. The molecule has 0 radical (unpaired) electrons. The van der Waals surface area contributed by atoms with Gasteiger partial charge in [-0.1, -0.05) is 54.1 Å². The van der Waals surface area contributed by atoms with Crippen LogP contribution in [0.15, 0.2) is 89.6 Å². The molecule has 0 atom stereocenters. The van der Waals surface area contributed by atoms with E-state index in [9.17, 15) is 4.79 Å². The van der Waals surface area contributed by atoms with E-state index in [2.05, 4.69) is 12.1 Å². The topological polar surface area (TPSA) is 83.5 Å². The summed E-state index contributed by atoms with van der Waals surface area (Å²) in [6, 6.07) is 27.2. The Labute approximate surface area is 228 Å². The van der Waals surface area contributed by atoms with Crippen molar-refractivity contribution in [2.75, 3.05) is 22.9 Å². The van der Waals surface area contributed by atoms with Gasteiger partial charge in [-0.05, 0) is 72.2 Å². The minimum atomic E-state index is -0.229. The predicted octanol–water partition coefficient (Wildman–Crippen LogP) is 6.78. The summed E-state index contributed by atoms with van der Waals surface area (Å²) in [5.41, 5.74) is 4.77. The fraction of sp³-hybridized carbons (Fsp3) is 0.161. The van der Waals surface area contributed by atoms with E-state index in [1.54, 1.807) is 35.2 Å². The number of amides is 1. The van der Waals surface area contributed by atoms with Gasteiger partial charge in [0.1, 0.15) is 11.5 Å². The van der Waals surface area contributed by atoms with Crippen LogP contribution in [0, 0.1) is 29.6 Å². The number of rotatable bonds is 9. The van der Waals surface area contributed by atoms with Gasteiger partial charge in [-0.3, -0.25) is 9.69 Å². The summed E-state index contributed by atoms with van der Waals surface area (Å²) in [6.07, 6.45) is 6.30. The van der Waals surface area contributed by atoms with Crippen LogP contribution in [-0.2, 0) is 4.79 Å². The molecule has 3 aromatic carbocycles. The standard InChI is InChI=1S/C31H26ClN5O/c1-23-21-28(36(19-5-17-33)20-6-18-34)13-10-25(23)22-29-31(38)37(27-14-11-26(32)12-15-27)30(35-29)16-9-24-7-3-2-4-8-24/h2-4,7-16,21-22H,5-6,19-20H2,1H3/b16-9-,29-22-. The number of carbonyl (C=O) groups excluding carboxylic acids is 1. The van der Waals surface area contributed by atoms with Crippen LogP contribution in [0.2, 0.25) is 5.02 Å². The number of anilines is 2. The van der Waals surface area contributed by atoms with Crippen molar-refractivity contribution in [3.63, 3.8) is 0 Å². The van der Waals surface area contributed by atoms with E-state index >= 15 is 0 Å². The van der Waals surface area contributed by atoms with Crippen LogP contribution >= 0.6 is 11.6 Å². The van der Waals surface area contributed by atoms with Gasteiger partial charge in [-0.25, -0.2) is 4.99 Å². The largest absolute Gasteiger partial charge is 0.369 e. The summed E-state index contributed by atoms with van der Waals surface area (Å²) in [4.78, 5) is 21.8. The summed E-state index contributed by atoms with van der Waals surface area (Å²) in [6.45, 7) is 3.07. The smallest absolute Gasteiger partial charge is 0.282 e. The molecular weight excluding hydrogens is 494 g/mol. The maximum atomic E-state index is 13.5. The van der Waals surface area contributed by atoms with Crippen LogP contribution in [0.4, 0.5) is 11.4 Å². The zero-order chi connectivity index (χ0) is 26.9. The first-order chi connectivity index (χ1) is 18.5. The van der Waals surface area contributed by atoms with Crippen molar-refractivity contribution in [1.82, 2.24) is 0 Å². The SMILES string of the molecule is Cc1cc(N(CCC#N)CCC#N)ccc1/C=C1N=C(/C=C\c2ccccc2)N(c2ccc(Cl)cc2)C\1=O. The molecule has 0 N–H and O–H groups in total. The molecule has 188 valence electrons. The van der Waals surface area contributed by atoms with Crippen LogP contribution < -0.4 is 9.80 Å². The van der Waals surface area contributed by atoms with E-state index in [-0.39, 0.29) is 5.91 Å². The lowest BCUT2D eigenvalue weighted by Gasteiger charge is -2.23. The summed E-state index contributed by atoms with van der Waals surface area (Å²) in [5, 5.41) is 18.6. The van der Waals surface area contributed by atoms with E-state index in [1.165, 1.54) is 0 Å². The van der Waals surface area contributed by atoms with E-state index in [1.807, 2.05) is 72.5 Å². The fourth-order valence-electron chi connectivity index (χ4n) is 4.13. The molecule has 4 rings (SSSR count). The van der Waals surface area contributed by atoms with Crippen LogP contribution in [0.25, 0.3) is 12.2 Å². The average Bonchev–Trinajstić information content (AvgIpc) is 3.24. The molecule has 1 aliphatic rings. The molecule has 0 unspecified atom stereocenters. The summed E-state index contributed by atoms with van der Waals surface area (Å²) < 4.78 is 0. The number of aliphatic imine (C=N–C) groups is 1. The highest BCUT2D eigenvalue weighted by molar-refractivity contribution is 6.33. The first-order valence-corrected chi connectivity index (χ1v) is 12.6. The maximum Gasteiger partial charge on any atom is 0.282 e. The zero-order valence-corrected chi connectivity index (χ0v) is 21.8. The monoisotopic (exact) mass is 519 g/mol. The van der Waals surface area contributed by atoms with Gasteiger partial charge >= 0.3 is 0 Å². The Hall–Kier alpha value is -4.65. The van der Waals surface area contributed by atoms with Crippen molar-refractivity contribution >= 4 is 46.9 Å². The second-order valence-electron chi connectivity index (χ2n) is 8.70. The van der Waals surface area contributed by atoms with Crippen LogP contribution in [-0.4, -0.2) is 24.8 Å². The van der Waals surface area contributed by atoms with Gasteiger partial charge in [0, 0.05) is 23.8 Å². The number of nitrogens with zero attached hydrogens (tertiary/aromatic N) is 5. The van der Waals surface area contributed by atoms with E-state index < -0.39 is 0 Å². The minimum Gasteiger partial charge on any atom is -0.369 e. The number of aryl methyl sites for hydroxylation is 1. The Morgan fingerprint density at radius 3 is 2.26 bits per heavy atom. The van der Waals surface area contributed by atoms with E-state index in [4.69, 9.17) is 27.1 Å². The first kappa shape index (κ1) is 26.4. The molecule has 38 heavy (non-hydrogen) atoms. The molecule has 7 heteroatoms. The van der Waals surface area contributed by atoms with Gasteiger partial charge in [-0.2, -0.15) is 10.5 Å². The molecule has 0 fully saturated rings. The average molecular weight is 520 g/mol. The summed E-state index contributed by atoms with van der Waals surface area (Å²) in [7, 11) is 0. The lowest BCUT2D eigenvalue weighted by Crippen LogP contribution is -2.30. The van der Waals surface area contributed by atoms with Gasteiger partial charge in [0.15, 0.2) is 0 Å². The quantitative estimate of drug-likeness (QED) is 0.292. The van der Waals surface area contributed by atoms with Gasteiger partial charge in [0.05, 0.1) is 30.7 Å². The van der Waals surface area contributed by atoms with Crippen molar-refractivity contribution in [3.05, 3.63) is 106 Å². The molecule has 6 nitrogen and oxygen atoms in total. The van der Waals surface area contributed by atoms with Gasteiger partial charge in [0.2, 0.25) is 0 Å². The van der Waals surface area contributed by atoms with Crippen molar-refractivity contribution in [2.24, 2.45) is 4.99 Å². The summed E-state index contributed by atoms with van der Waals surface area (Å²) in [5.74, 6) is 0.286. The second-order valence-corrected chi connectivity index (χ2v) is 9.14. The van der Waals surface area contributed by atoms with Crippen molar-refractivity contribution in [2.45, 2.75) is 19.8 Å². The molecule has 1 amide bonds. The number of halogens is 1. The molecule has 1 heterocycles. The number of hydrogen-bond donors (Lipinski definition) is 0. The molecule has 0 saturated heterocycles. The Morgan fingerprint density at radius 1 is 0.947 bits per heavy atom. The molecule has 0 aromatic heterocycles. The molecular formula is C31H26ClN5O.